The van der Waals surface area contributed by atoms with E-state index in [-0.39, 0.29) is 0 Å². The van der Waals surface area contributed by atoms with Gasteiger partial charge in [0, 0.05) is 29.2 Å². The number of benzene rings is 2. The first-order valence-electron chi connectivity index (χ1n) is 7.03. The van der Waals surface area contributed by atoms with Crippen LogP contribution in [0.25, 0.3) is 10.9 Å². The Bertz CT molecular complexity index is 751. The Morgan fingerprint density at radius 3 is 2.57 bits per heavy atom. The van der Waals surface area contributed by atoms with Crippen LogP contribution in [0.2, 0.25) is 5.02 Å². The number of aromatic nitrogens is 1. The molecule has 1 aromatic heterocycles. The molecule has 21 heavy (non-hydrogen) atoms. The number of aryl methyl sites for hydroxylation is 1. The second-order valence-electron chi connectivity index (χ2n) is 5.17. The van der Waals surface area contributed by atoms with Crippen molar-refractivity contribution in [1.29, 1.82) is 0 Å². The number of hydrogen-bond acceptors (Lipinski definition) is 2. The van der Waals surface area contributed by atoms with E-state index in [1.807, 2.05) is 37.3 Å². The summed E-state index contributed by atoms with van der Waals surface area (Å²) in [7, 11) is 0. The molecule has 1 heterocycles. The molecule has 0 aliphatic heterocycles. The Kier molecular flexibility index (Phi) is 4.18. The first kappa shape index (κ1) is 14.1. The molecule has 0 radical (unpaired) electrons. The van der Waals surface area contributed by atoms with E-state index < -0.39 is 0 Å². The molecule has 3 heteroatoms. The zero-order valence-corrected chi connectivity index (χ0v) is 12.7. The van der Waals surface area contributed by atoms with Gasteiger partial charge in [0.25, 0.3) is 0 Å². The van der Waals surface area contributed by atoms with Crippen LogP contribution in [0.1, 0.15) is 16.8 Å². The Morgan fingerprint density at radius 1 is 1.00 bits per heavy atom. The number of nitrogens with zero attached hydrogens (tertiary/aromatic N) is 1. The molecule has 0 amide bonds. The predicted octanol–water partition coefficient (Wildman–Crippen LogP) is 4.49. The summed E-state index contributed by atoms with van der Waals surface area (Å²) >= 11 is 5.90. The summed E-state index contributed by atoms with van der Waals surface area (Å²) in [4.78, 5) is 4.57. The van der Waals surface area contributed by atoms with Gasteiger partial charge in [0.2, 0.25) is 0 Å². The van der Waals surface area contributed by atoms with E-state index in [1.54, 1.807) is 0 Å². The average molecular weight is 297 g/mol. The van der Waals surface area contributed by atoms with Crippen LogP contribution in [-0.4, -0.2) is 4.98 Å². The highest BCUT2D eigenvalue weighted by atomic mass is 35.5. The van der Waals surface area contributed by atoms with E-state index in [9.17, 15) is 0 Å². The highest BCUT2D eigenvalue weighted by Gasteiger charge is 2.03. The summed E-state index contributed by atoms with van der Waals surface area (Å²) < 4.78 is 0. The largest absolute Gasteiger partial charge is 0.309 e. The van der Waals surface area contributed by atoms with Crippen LogP contribution in [-0.2, 0) is 13.1 Å². The van der Waals surface area contributed by atoms with Crippen molar-refractivity contribution in [3.8, 4) is 0 Å². The zero-order chi connectivity index (χ0) is 14.7. The smallest absolute Gasteiger partial charge is 0.0708 e. The number of halogens is 1. The van der Waals surface area contributed by atoms with Gasteiger partial charge in [-0.3, -0.25) is 4.98 Å². The SMILES string of the molecule is Cc1cc(CNCc2ccc(Cl)cc2)c2ccccc2n1. The topological polar surface area (TPSA) is 24.9 Å². The van der Waals surface area contributed by atoms with Crippen LogP contribution >= 0.6 is 11.6 Å². The molecule has 0 unspecified atom stereocenters. The Balaban J connectivity index is 1.74. The molecule has 0 spiro atoms. The number of nitrogens with one attached hydrogen (secondary N) is 1. The van der Waals surface area contributed by atoms with Crippen LogP contribution < -0.4 is 5.32 Å². The van der Waals surface area contributed by atoms with Gasteiger partial charge in [0.1, 0.15) is 0 Å². The summed E-state index contributed by atoms with van der Waals surface area (Å²) in [6.45, 7) is 3.69. The molecule has 0 aliphatic rings. The van der Waals surface area contributed by atoms with Crippen molar-refractivity contribution in [2.75, 3.05) is 0 Å². The molecule has 106 valence electrons. The number of para-hydroxylation sites is 1. The van der Waals surface area contributed by atoms with E-state index in [2.05, 4.69) is 34.6 Å². The van der Waals surface area contributed by atoms with Crippen molar-refractivity contribution in [3.05, 3.63) is 76.4 Å². The normalized spacial score (nSPS) is 11.0. The number of pyridine rings is 1. The van der Waals surface area contributed by atoms with Crippen LogP contribution in [0.3, 0.4) is 0 Å². The minimum absolute atomic E-state index is 0.773. The van der Waals surface area contributed by atoms with Crippen LogP contribution in [0.5, 0.6) is 0 Å². The maximum absolute atomic E-state index is 5.90. The Labute approximate surface area is 129 Å². The molecule has 0 atom stereocenters. The molecular weight excluding hydrogens is 280 g/mol. The summed E-state index contributed by atoms with van der Waals surface area (Å²) in [6.07, 6.45) is 0. The average Bonchev–Trinajstić information content (AvgIpc) is 2.49. The third kappa shape index (κ3) is 3.41. The van der Waals surface area contributed by atoms with E-state index in [0.29, 0.717) is 0 Å². The summed E-state index contributed by atoms with van der Waals surface area (Å²) in [5.74, 6) is 0. The van der Waals surface area contributed by atoms with Gasteiger partial charge in [-0.2, -0.15) is 0 Å². The molecule has 2 aromatic carbocycles. The molecule has 2 nitrogen and oxygen atoms in total. The minimum Gasteiger partial charge on any atom is -0.309 e. The quantitative estimate of drug-likeness (QED) is 0.767. The Hall–Kier alpha value is -1.90. The lowest BCUT2D eigenvalue weighted by atomic mass is 10.1. The van der Waals surface area contributed by atoms with Crippen molar-refractivity contribution < 1.29 is 0 Å². The highest BCUT2D eigenvalue weighted by molar-refractivity contribution is 6.30. The van der Waals surface area contributed by atoms with Crippen molar-refractivity contribution in [2.45, 2.75) is 20.0 Å². The second kappa shape index (κ2) is 6.25. The monoisotopic (exact) mass is 296 g/mol. The maximum Gasteiger partial charge on any atom is 0.0708 e. The molecule has 0 saturated heterocycles. The first-order chi connectivity index (χ1) is 10.2. The maximum atomic E-state index is 5.90. The summed E-state index contributed by atoms with van der Waals surface area (Å²) in [6, 6.07) is 18.4. The van der Waals surface area contributed by atoms with Crippen molar-refractivity contribution in [3.63, 3.8) is 0 Å². The lowest BCUT2D eigenvalue weighted by molar-refractivity contribution is 0.696. The molecule has 1 N–H and O–H groups in total. The third-order valence-corrected chi connectivity index (χ3v) is 3.74. The van der Waals surface area contributed by atoms with E-state index in [4.69, 9.17) is 11.6 Å². The first-order valence-corrected chi connectivity index (χ1v) is 7.40. The fourth-order valence-electron chi connectivity index (χ4n) is 2.48. The Morgan fingerprint density at radius 2 is 1.76 bits per heavy atom. The molecular formula is C18H17ClN2. The van der Waals surface area contributed by atoms with Gasteiger partial charge < -0.3 is 5.32 Å². The molecule has 0 saturated carbocycles. The van der Waals surface area contributed by atoms with Crippen molar-refractivity contribution >= 4 is 22.5 Å². The van der Waals surface area contributed by atoms with Gasteiger partial charge in [-0.25, -0.2) is 0 Å². The van der Waals surface area contributed by atoms with Gasteiger partial charge in [0.05, 0.1) is 5.52 Å². The predicted molar refractivity (Wildman–Crippen MR) is 88.5 cm³/mol. The molecule has 3 rings (SSSR count). The minimum atomic E-state index is 0.773. The fraction of sp³-hybridized carbons (Fsp3) is 0.167. The zero-order valence-electron chi connectivity index (χ0n) is 11.9. The fourth-order valence-corrected chi connectivity index (χ4v) is 2.61. The molecule has 0 fully saturated rings. The standard InChI is InChI=1S/C18H17ClN2/c1-13-10-15(17-4-2-3-5-18(17)21-13)12-20-11-14-6-8-16(19)9-7-14/h2-10,20H,11-12H2,1H3. The van der Waals surface area contributed by atoms with Crippen molar-refractivity contribution in [1.82, 2.24) is 10.3 Å². The van der Waals surface area contributed by atoms with Crippen LogP contribution in [0.4, 0.5) is 0 Å². The van der Waals surface area contributed by atoms with Gasteiger partial charge >= 0.3 is 0 Å². The highest BCUT2D eigenvalue weighted by Crippen LogP contribution is 2.18. The number of fused-ring (bicyclic) bond motifs is 1. The van der Waals surface area contributed by atoms with E-state index in [1.165, 1.54) is 16.5 Å². The number of hydrogen-bond donors (Lipinski definition) is 1. The third-order valence-electron chi connectivity index (χ3n) is 3.49. The molecule has 0 aliphatic carbocycles. The van der Waals surface area contributed by atoms with Gasteiger partial charge in [0.15, 0.2) is 0 Å². The van der Waals surface area contributed by atoms with Crippen molar-refractivity contribution in [2.24, 2.45) is 0 Å². The second-order valence-corrected chi connectivity index (χ2v) is 5.61. The van der Waals surface area contributed by atoms with Gasteiger partial charge in [-0.05, 0) is 42.3 Å². The van der Waals surface area contributed by atoms with Gasteiger partial charge in [-0.1, -0.05) is 41.9 Å². The summed E-state index contributed by atoms with van der Waals surface area (Å²) in [5, 5.41) is 5.47. The summed E-state index contributed by atoms with van der Waals surface area (Å²) in [5.41, 5.74) is 4.62. The van der Waals surface area contributed by atoms with E-state index in [0.717, 1.165) is 29.3 Å². The molecule has 0 bridgehead atoms. The number of rotatable bonds is 4. The molecule has 3 aromatic rings. The van der Waals surface area contributed by atoms with Gasteiger partial charge in [-0.15, -0.1) is 0 Å². The lowest BCUT2D eigenvalue weighted by Crippen LogP contribution is -2.13. The van der Waals surface area contributed by atoms with Crippen LogP contribution in [0, 0.1) is 6.92 Å². The lowest BCUT2D eigenvalue weighted by Gasteiger charge is -2.09. The van der Waals surface area contributed by atoms with Crippen LogP contribution in [0.15, 0.2) is 54.6 Å². The van der Waals surface area contributed by atoms with E-state index >= 15 is 0 Å².